The maximum atomic E-state index is 12.3. The van der Waals surface area contributed by atoms with E-state index in [1.165, 1.54) is 21.4 Å². The predicted molar refractivity (Wildman–Crippen MR) is 100 cm³/mol. The van der Waals surface area contributed by atoms with Gasteiger partial charge in [-0.2, -0.15) is 0 Å². The number of benzene rings is 2. The summed E-state index contributed by atoms with van der Waals surface area (Å²) in [5.41, 5.74) is 4.62. The minimum absolute atomic E-state index is 0.0211. The minimum Gasteiger partial charge on any atom is -0.350 e. The molecule has 0 bridgehead atoms. The number of aromatic nitrogens is 1. The van der Waals surface area contributed by atoms with Gasteiger partial charge in [0.15, 0.2) is 0 Å². The second-order valence-corrected chi connectivity index (χ2v) is 7.34. The molecule has 1 aromatic heterocycles. The summed E-state index contributed by atoms with van der Waals surface area (Å²) in [6.07, 6.45) is 1.15. The molecule has 3 nitrogen and oxygen atoms in total. The SMILES string of the molecule is Cc1ccc(C)c(C(C)NC(=O)CCc2nc3ccccc3s2)c1. The van der Waals surface area contributed by atoms with Crippen LogP contribution in [-0.2, 0) is 11.2 Å². The largest absolute Gasteiger partial charge is 0.350 e. The van der Waals surface area contributed by atoms with Crippen molar-refractivity contribution in [3.05, 3.63) is 64.2 Å². The standard InChI is InChI=1S/C20H22N2OS/c1-13-8-9-14(2)16(12-13)15(3)21-19(23)10-11-20-22-17-6-4-5-7-18(17)24-20/h4-9,12,15H,10-11H2,1-3H3,(H,21,23). The number of nitrogens with zero attached hydrogens (tertiary/aromatic N) is 1. The third-order valence-corrected chi connectivity index (χ3v) is 5.28. The second kappa shape index (κ2) is 7.14. The topological polar surface area (TPSA) is 42.0 Å². The van der Waals surface area contributed by atoms with Gasteiger partial charge in [0.2, 0.25) is 5.91 Å². The molecule has 0 spiro atoms. The van der Waals surface area contributed by atoms with Gasteiger partial charge in [0, 0.05) is 12.8 Å². The van der Waals surface area contributed by atoms with Crippen molar-refractivity contribution in [1.82, 2.24) is 10.3 Å². The lowest BCUT2D eigenvalue weighted by Crippen LogP contribution is -2.27. The van der Waals surface area contributed by atoms with Crippen LogP contribution < -0.4 is 5.32 Å². The highest BCUT2D eigenvalue weighted by Gasteiger charge is 2.13. The molecule has 0 aliphatic heterocycles. The molecule has 1 heterocycles. The normalized spacial score (nSPS) is 12.3. The highest BCUT2D eigenvalue weighted by atomic mass is 32.1. The molecule has 2 aromatic carbocycles. The van der Waals surface area contributed by atoms with Gasteiger partial charge in [-0.05, 0) is 44.0 Å². The van der Waals surface area contributed by atoms with E-state index in [-0.39, 0.29) is 11.9 Å². The number of fused-ring (bicyclic) bond motifs is 1. The number of amides is 1. The van der Waals surface area contributed by atoms with E-state index in [0.29, 0.717) is 12.8 Å². The summed E-state index contributed by atoms with van der Waals surface area (Å²) in [6, 6.07) is 14.5. The summed E-state index contributed by atoms with van der Waals surface area (Å²) in [6.45, 7) is 6.19. The number of nitrogens with one attached hydrogen (secondary N) is 1. The second-order valence-electron chi connectivity index (χ2n) is 6.22. The highest BCUT2D eigenvalue weighted by molar-refractivity contribution is 7.18. The Morgan fingerprint density at radius 3 is 2.79 bits per heavy atom. The van der Waals surface area contributed by atoms with Gasteiger partial charge in [-0.15, -0.1) is 11.3 Å². The van der Waals surface area contributed by atoms with E-state index in [2.05, 4.69) is 48.4 Å². The number of hydrogen-bond acceptors (Lipinski definition) is 3. The van der Waals surface area contributed by atoms with Crippen LogP contribution in [0.15, 0.2) is 42.5 Å². The molecule has 0 fully saturated rings. The average molecular weight is 338 g/mol. The zero-order chi connectivity index (χ0) is 17.1. The quantitative estimate of drug-likeness (QED) is 0.731. The van der Waals surface area contributed by atoms with Gasteiger partial charge in [0.1, 0.15) is 0 Å². The van der Waals surface area contributed by atoms with Gasteiger partial charge in [0.25, 0.3) is 0 Å². The van der Waals surface area contributed by atoms with Gasteiger partial charge >= 0.3 is 0 Å². The maximum Gasteiger partial charge on any atom is 0.220 e. The van der Waals surface area contributed by atoms with Crippen LogP contribution in [0, 0.1) is 13.8 Å². The van der Waals surface area contributed by atoms with Crippen molar-refractivity contribution in [2.75, 3.05) is 0 Å². The summed E-state index contributed by atoms with van der Waals surface area (Å²) in [7, 11) is 0. The fourth-order valence-electron chi connectivity index (χ4n) is 2.87. The van der Waals surface area contributed by atoms with Crippen LogP contribution in [0.3, 0.4) is 0 Å². The lowest BCUT2D eigenvalue weighted by atomic mass is 10.00. The molecular formula is C20H22N2OS. The fourth-order valence-corrected chi connectivity index (χ4v) is 3.83. The molecule has 1 amide bonds. The van der Waals surface area contributed by atoms with E-state index in [4.69, 9.17) is 0 Å². The number of carbonyl (C=O) groups is 1. The van der Waals surface area contributed by atoms with Crippen LogP contribution >= 0.6 is 11.3 Å². The number of thiazole rings is 1. The van der Waals surface area contributed by atoms with Crippen molar-refractivity contribution in [3.63, 3.8) is 0 Å². The molecule has 0 saturated carbocycles. The molecule has 3 rings (SSSR count). The summed E-state index contributed by atoms with van der Waals surface area (Å²) in [5, 5.41) is 4.13. The Bertz CT molecular complexity index is 836. The van der Waals surface area contributed by atoms with Crippen LogP contribution in [0.25, 0.3) is 10.2 Å². The van der Waals surface area contributed by atoms with Crippen LogP contribution in [-0.4, -0.2) is 10.9 Å². The third-order valence-electron chi connectivity index (χ3n) is 4.18. The first-order chi connectivity index (χ1) is 11.5. The molecule has 3 aromatic rings. The Morgan fingerprint density at radius 1 is 1.21 bits per heavy atom. The number of para-hydroxylation sites is 1. The molecule has 4 heteroatoms. The van der Waals surface area contributed by atoms with Crippen LogP contribution in [0.5, 0.6) is 0 Å². The Morgan fingerprint density at radius 2 is 2.00 bits per heavy atom. The van der Waals surface area contributed by atoms with Crippen molar-refractivity contribution >= 4 is 27.5 Å². The van der Waals surface area contributed by atoms with E-state index < -0.39 is 0 Å². The first-order valence-corrected chi connectivity index (χ1v) is 9.05. The van der Waals surface area contributed by atoms with Crippen LogP contribution in [0.2, 0.25) is 0 Å². The zero-order valence-corrected chi connectivity index (χ0v) is 15.1. The molecule has 0 aliphatic rings. The number of rotatable bonds is 5. The highest BCUT2D eigenvalue weighted by Crippen LogP contribution is 2.23. The molecule has 1 unspecified atom stereocenters. The fraction of sp³-hybridized carbons (Fsp3) is 0.300. The molecule has 0 radical (unpaired) electrons. The van der Waals surface area contributed by atoms with Gasteiger partial charge in [-0.25, -0.2) is 4.98 Å². The van der Waals surface area contributed by atoms with Gasteiger partial charge in [-0.1, -0.05) is 35.9 Å². The Balaban J connectivity index is 1.60. The van der Waals surface area contributed by atoms with Crippen LogP contribution in [0.1, 0.15) is 41.1 Å². The number of hydrogen-bond donors (Lipinski definition) is 1. The molecule has 1 atom stereocenters. The van der Waals surface area contributed by atoms with Crippen molar-refractivity contribution in [3.8, 4) is 0 Å². The van der Waals surface area contributed by atoms with Gasteiger partial charge < -0.3 is 5.32 Å². The van der Waals surface area contributed by atoms with Crippen LogP contribution in [0.4, 0.5) is 0 Å². The summed E-state index contributed by atoms with van der Waals surface area (Å²) in [4.78, 5) is 16.9. The van der Waals surface area contributed by atoms with E-state index >= 15 is 0 Å². The number of carbonyl (C=O) groups excluding carboxylic acids is 1. The van der Waals surface area contributed by atoms with Gasteiger partial charge in [-0.3, -0.25) is 4.79 Å². The van der Waals surface area contributed by atoms with Crippen molar-refractivity contribution in [1.29, 1.82) is 0 Å². The molecule has 124 valence electrons. The molecule has 0 saturated heterocycles. The summed E-state index contributed by atoms with van der Waals surface area (Å²) < 4.78 is 1.18. The van der Waals surface area contributed by atoms with E-state index in [0.717, 1.165) is 10.5 Å². The molecule has 0 aliphatic carbocycles. The lowest BCUT2D eigenvalue weighted by Gasteiger charge is -2.17. The van der Waals surface area contributed by atoms with Crippen molar-refractivity contribution < 1.29 is 4.79 Å². The Kier molecular flexibility index (Phi) is 4.95. The van der Waals surface area contributed by atoms with Crippen molar-refractivity contribution in [2.24, 2.45) is 0 Å². The first kappa shape index (κ1) is 16.7. The van der Waals surface area contributed by atoms with E-state index in [1.807, 2.05) is 25.1 Å². The smallest absolute Gasteiger partial charge is 0.220 e. The predicted octanol–water partition coefficient (Wildman–Crippen LogP) is 4.72. The molecule has 24 heavy (non-hydrogen) atoms. The average Bonchev–Trinajstić information content (AvgIpc) is 2.98. The molecule has 1 N–H and O–H groups in total. The lowest BCUT2D eigenvalue weighted by molar-refractivity contribution is -0.121. The third kappa shape index (κ3) is 3.82. The van der Waals surface area contributed by atoms with E-state index in [9.17, 15) is 4.79 Å². The van der Waals surface area contributed by atoms with Gasteiger partial charge in [0.05, 0.1) is 21.3 Å². The number of aryl methyl sites for hydroxylation is 3. The zero-order valence-electron chi connectivity index (χ0n) is 14.3. The molecular weight excluding hydrogens is 316 g/mol. The maximum absolute atomic E-state index is 12.3. The van der Waals surface area contributed by atoms with Crippen molar-refractivity contribution in [2.45, 2.75) is 39.7 Å². The Labute approximate surface area is 146 Å². The minimum atomic E-state index is 0.0211. The monoisotopic (exact) mass is 338 g/mol. The summed E-state index contributed by atoms with van der Waals surface area (Å²) >= 11 is 1.67. The summed E-state index contributed by atoms with van der Waals surface area (Å²) in [5.74, 6) is 0.0719. The first-order valence-electron chi connectivity index (χ1n) is 8.24. The van der Waals surface area contributed by atoms with E-state index in [1.54, 1.807) is 11.3 Å². The Hall–Kier alpha value is -2.20.